The second kappa shape index (κ2) is 5.07. The molecule has 3 aromatic carbocycles. The molecule has 0 atom stereocenters. The maximum atomic E-state index is 5.15. The van der Waals surface area contributed by atoms with Crippen LogP contribution in [-0.4, -0.2) is 9.55 Å². The van der Waals surface area contributed by atoms with Crippen LogP contribution in [-0.2, 0) is 5.41 Å². The molecule has 4 rings (SSSR count). The molecule has 2 nitrogen and oxygen atoms in total. The van der Waals surface area contributed by atoms with E-state index in [4.69, 9.17) is 4.98 Å². The van der Waals surface area contributed by atoms with Crippen molar-refractivity contribution >= 4 is 32.6 Å². The van der Waals surface area contributed by atoms with Crippen LogP contribution in [0, 0.1) is 0 Å². The molecule has 0 saturated carbocycles. The molecule has 2 heteroatoms. The first-order chi connectivity index (χ1) is 11.4. The highest BCUT2D eigenvalue weighted by Crippen LogP contribution is 2.38. The van der Waals surface area contributed by atoms with Gasteiger partial charge in [0.05, 0.1) is 11.0 Å². The second-order valence-corrected chi connectivity index (χ2v) is 7.94. The number of benzene rings is 3. The van der Waals surface area contributed by atoms with Crippen molar-refractivity contribution in [1.82, 2.24) is 9.55 Å². The summed E-state index contributed by atoms with van der Waals surface area (Å²) in [5.74, 6) is 1.16. The average molecular weight is 316 g/mol. The smallest absolute Gasteiger partial charge is 0.115 e. The van der Waals surface area contributed by atoms with Gasteiger partial charge in [-0.3, -0.25) is 0 Å². The number of aromatic nitrogens is 2. The minimum atomic E-state index is 0.00545. The van der Waals surface area contributed by atoms with Gasteiger partial charge in [0.15, 0.2) is 0 Å². The van der Waals surface area contributed by atoms with E-state index in [9.17, 15) is 0 Å². The summed E-state index contributed by atoms with van der Waals surface area (Å²) in [4.78, 5) is 5.15. The lowest BCUT2D eigenvalue weighted by Crippen LogP contribution is -2.20. The highest BCUT2D eigenvalue weighted by atomic mass is 15.1. The molecule has 0 saturated heterocycles. The Hall–Kier alpha value is -2.35. The first-order valence-electron chi connectivity index (χ1n) is 8.71. The van der Waals surface area contributed by atoms with E-state index in [-0.39, 0.29) is 5.41 Å². The van der Waals surface area contributed by atoms with Gasteiger partial charge in [-0.2, -0.15) is 0 Å². The summed E-state index contributed by atoms with van der Waals surface area (Å²) in [6.07, 6.45) is 0. The fourth-order valence-electron chi connectivity index (χ4n) is 3.76. The molecule has 0 aliphatic rings. The van der Waals surface area contributed by atoms with Gasteiger partial charge in [-0.25, -0.2) is 4.98 Å². The first kappa shape index (κ1) is 15.2. The Bertz CT molecular complexity index is 1060. The van der Waals surface area contributed by atoms with Crippen molar-refractivity contribution < 1.29 is 0 Å². The third-order valence-corrected chi connectivity index (χ3v) is 4.75. The molecule has 24 heavy (non-hydrogen) atoms. The topological polar surface area (TPSA) is 17.8 Å². The molecular formula is C22H24N2. The standard InChI is InChI=1S/C22H24N2/c1-14(2)24-20-18-13-9-7-11-16(18)15-10-6-8-12-17(15)19(20)23-21(24)22(3,4)5/h6-14H,1-5H3. The van der Waals surface area contributed by atoms with Crippen LogP contribution < -0.4 is 0 Å². The number of nitrogens with zero attached hydrogens (tertiary/aromatic N) is 2. The Kier molecular flexibility index (Phi) is 3.21. The molecule has 122 valence electrons. The Morgan fingerprint density at radius 1 is 0.792 bits per heavy atom. The maximum Gasteiger partial charge on any atom is 0.115 e. The zero-order chi connectivity index (χ0) is 17.1. The number of imidazole rings is 1. The van der Waals surface area contributed by atoms with Crippen LogP contribution in [0.3, 0.4) is 0 Å². The van der Waals surface area contributed by atoms with Gasteiger partial charge in [-0.15, -0.1) is 0 Å². The van der Waals surface area contributed by atoms with E-state index in [1.54, 1.807) is 0 Å². The van der Waals surface area contributed by atoms with E-state index in [1.807, 2.05) is 0 Å². The van der Waals surface area contributed by atoms with Crippen LogP contribution in [0.1, 0.15) is 46.5 Å². The fraction of sp³-hybridized carbons (Fsp3) is 0.318. The van der Waals surface area contributed by atoms with Crippen molar-refractivity contribution in [3.05, 3.63) is 54.4 Å². The lowest BCUT2D eigenvalue weighted by molar-refractivity contribution is 0.477. The molecule has 0 fully saturated rings. The van der Waals surface area contributed by atoms with E-state index in [1.165, 1.54) is 27.1 Å². The predicted octanol–water partition coefficient (Wildman–Crippen LogP) is 6.22. The van der Waals surface area contributed by atoms with Gasteiger partial charge < -0.3 is 4.57 Å². The van der Waals surface area contributed by atoms with Crippen molar-refractivity contribution in [2.24, 2.45) is 0 Å². The SMILES string of the molecule is CC(C)n1c(C(C)(C)C)nc2c3ccccc3c3ccccc3c21. The van der Waals surface area contributed by atoms with Crippen LogP contribution in [0.25, 0.3) is 32.6 Å². The summed E-state index contributed by atoms with van der Waals surface area (Å²) in [6, 6.07) is 17.7. The average Bonchev–Trinajstić information content (AvgIpc) is 2.96. The summed E-state index contributed by atoms with van der Waals surface area (Å²) in [7, 11) is 0. The molecule has 0 unspecified atom stereocenters. The van der Waals surface area contributed by atoms with Crippen molar-refractivity contribution in [2.45, 2.75) is 46.1 Å². The Morgan fingerprint density at radius 2 is 1.29 bits per heavy atom. The van der Waals surface area contributed by atoms with Crippen molar-refractivity contribution in [3.63, 3.8) is 0 Å². The molecule has 0 N–H and O–H groups in total. The largest absolute Gasteiger partial charge is 0.324 e. The van der Waals surface area contributed by atoms with Gasteiger partial charge in [0, 0.05) is 22.2 Å². The minimum Gasteiger partial charge on any atom is -0.324 e. The Morgan fingerprint density at radius 3 is 1.83 bits per heavy atom. The summed E-state index contributed by atoms with van der Waals surface area (Å²) < 4.78 is 2.43. The minimum absolute atomic E-state index is 0.00545. The Labute approximate surface area is 143 Å². The summed E-state index contributed by atoms with van der Waals surface area (Å²) in [5, 5.41) is 5.14. The van der Waals surface area contributed by atoms with Gasteiger partial charge in [0.25, 0.3) is 0 Å². The molecule has 0 spiro atoms. The lowest BCUT2D eigenvalue weighted by Gasteiger charge is -2.23. The van der Waals surface area contributed by atoms with Gasteiger partial charge in [0.2, 0.25) is 0 Å². The molecule has 4 aromatic rings. The van der Waals surface area contributed by atoms with Crippen LogP contribution in [0.15, 0.2) is 48.5 Å². The highest BCUT2D eigenvalue weighted by molar-refractivity contribution is 6.23. The monoisotopic (exact) mass is 316 g/mol. The predicted molar refractivity (Wildman–Crippen MR) is 104 cm³/mol. The van der Waals surface area contributed by atoms with Crippen molar-refractivity contribution in [1.29, 1.82) is 0 Å². The van der Waals surface area contributed by atoms with Crippen LogP contribution in [0.2, 0.25) is 0 Å². The second-order valence-electron chi connectivity index (χ2n) is 7.94. The molecule has 0 bridgehead atoms. The summed E-state index contributed by atoms with van der Waals surface area (Å²) in [5.41, 5.74) is 2.40. The van der Waals surface area contributed by atoms with Gasteiger partial charge in [0.1, 0.15) is 5.82 Å². The molecule has 1 aromatic heterocycles. The maximum absolute atomic E-state index is 5.15. The third-order valence-electron chi connectivity index (χ3n) is 4.75. The van der Waals surface area contributed by atoms with Crippen LogP contribution in [0.4, 0.5) is 0 Å². The molecule has 0 amide bonds. The number of rotatable bonds is 1. The highest BCUT2D eigenvalue weighted by Gasteiger charge is 2.26. The molecule has 0 aliphatic carbocycles. The zero-order valence-electron chi connectivity index (χ0n) is 15.1. The summed E-state index contributed by atoms with van der Waals surface area (Å²) >= 11 is 0. The molecule has 1 heterocycles. The normalized spacial score (nSPS) is 12.8. The number of hydrogen-bond acceptors (Lipinski definition) is 1. The molecule has 0 aliphatic heterocycles. The van der Waals surface area contributed by atoms with Crippen LogP contribution in [0.5, 0.6) is 0 Å². The van der Waals surface area contributed by atoms with E-state index >= 15 is 0 Å². The van der Waals surface area contributed by atoms with Crippen LogP contribution >= 0.6 is 0 Å². The Balaban J connectivity index is 2.35. The van der Waals surface area contributed by atoms with E-state index in [0.29, 0.717) is 6.04 Å². The molecular weight excluding hydrogens is 292 g/mol. The van der Waals surface area contributed by atoms with E-state index < -0.39 is 0 Å². The number of hydrogen-bond donors (Lipinski definition) is 0. The lowest BCUT2D eigenvalue weighted by atomic mass is 9.95. The van der Waals surface area contributed by atoms with Crippen molar-refractivity contribution in [3.8, 4) is 0 Å². The van der Waals surface area contributed by atoms with Gasteiger partial charge >= 0.3 is 0 Å². The fourth-order valence-corrected chi connectivity index (χ4v) is 3.76. The van der Waals surface area contributed by atoms with Gasteiger partial charge in [-0.1, -0.05) is 69.3 Å². The third kappa shape index (κ3) is 2.06. The van der Waals surface area contributed by atoms with Gasteiger partial charge in [-0.05, 0) is 24.6 Å². The first-order valence-corrected chi connectivity index (χ1v) is 8.71. The zero-order valence-corrected chi connectivity index (χ0v) is 15.1. The summed E-state index contributed by atoms with van der Waals surface area (Å²) in [6.45, 7) is 11.2. The quantitative estimate of drug-likeness (QED) is 0.381. The van der Waals surface area contributed by atoms with Crippen molar-refractivity contribution in [2.75, 3.05) is 0 Å². The number of fused-ring (bicyclic) bond motifs is 6. The van der Waals surface area contributed by atoms with E-state index in [0.717, 1.165) is 11.3 Å². The van der Waals surface area contributed by atoms with E-state index in [2.05, 4.69) is 87.7 Å². The molecule has 0 radical (unpaired) electrons.